The highest BCUT2D eigenvalue weighted by Gasteiger charge is 2.10. The Balaban J connectivity index is 2.08. The molecule has 2 aromatic rings. The maximum atomic E-state index is 4.00. The largest absolute Gasteiger partial charge is 0.378 e. The van der Waals surface area contributed by atoms with Gasteiger partial charge in [0.05, 0.1) is 12.2 Å². The molecule has 18 heavy (non-hydrogen) atoms. The molecule has 2 N–H and O–H groups in total. The van der Waals surface area contributed by atoms with Gasteiger partial charge in [-0.15, -0.1) is 0 Å². The highest BCUT2D eigenvalue weighted by molar-refractivity contribution is 5.47. The summed E-state index contributed by atoms with van der Waals surface area (Å²) >= 11 is 0. The van der Waals surface area contributed by atoms with E-state index in [1.54, 1.807) is 0 Å². The van der Waals surface area contributed by atoms with Crippen molar-refractivity contribution in [2.75, 3.05) is 5.32 Å². The number of H-pyrrole nitrogens is 1. The van der Waals surface area contributed by atoms with E-state index in [2.05, 4.69) is 60.6 Å². The van der Waals surface area contributed by atoms with Gasteiger partial charge in [0.2, 0.25) is 0 Å². The van der Waals surface area contributed by atoms with E-state index in [1.807, 2.05) is 12.4 Å². The van der Waals surface area contributed by atoms with Crippen molar-refractivity contribution in [1.82, 2.24) is 10.2 Å². The predicted octanol–water partition coefficient (Wildman–Crippen LogP) is 4.10. The maximum Gasteiger partial charge on any atom is 0.0542 e. The van der Waals surface area contributed by atoms with Gasteiger partial charge in [0, 0.05) is 17.4 Å². The molecule has 96 valence electrons. The number of hydrogen-bond donors (Lipinski definition) is 2. The first kappa shape index (κ1) is 12.7. The number of nitrogens with zero attached hydrogens (tertiary/aromatic N) is 1. The summed E-state index contributed by atoms with van der Waals surface area (Å²) in [4.78, 5) is 0. The Morgan fingerprint density at radius 2 is 1.89 bits per heavy atom. The number of nitrogens with one attached hydrogen (secondary N) is 2. The maximum absolute atomic E-state index is 4.00. The Kier molecular flexibility index (Phi) is 4.03. The zero-order valence-electron chi connectivity index (χ0n) is 11.3. The molecule has 0 saturated heterocycles. The smallest absolute Gasteiger partial charge is 0.0542 e. The van der Waals surface area contributed by atoms with E-state index in [0.717, 1.165) is 12.1 Å². The number of aromatic amines is 1. The fraction of sp³-hybridized carbons (Fsp3) is 0.400. The molecule has 3 heteroatoms. The lowest BCUT2D eigenvalue weighted by Gasteiger charge is -2.17. The van der Waals surface area contributed by atoms with E-state index in [1.165, 1.54) is 11.1 Å². The Hall–Kier alpha value is -1.77. The van der Waals surface area contributed by atoms with Gasteiger partial charge in [-0.05, 0) is 30.0 Å². The second kappa shape index (κ2) is 5.71. The first-order valence-corrected chi connectivity index (χ1v) is 6.56. The van der Waals surface area contributed by atoms with Crippen LogP contribution in [0.5, 0.6) is 0 Å². The normalized spacial score (nSPS) is 12.7. The lowest BCUT2D eigenvalue weighted by atomic mass is 10.0. The van der Waals surface area contributed by atoms with Crippen LogP contribution in [0.3, 0.4) is 0 Å². The number of hydrogen-bond acceptors (Lipinski definition) is 2. The van der Waals surface area contributed by atoms with Crippen LogP contribution in [0.25, 0.3) is 0 Å². The molecule has 0 fully saturated rings. The van der Waals surface area contributed by atoms with Crippen molar-refractivity contribution in [1.29, 1.82) is 0 Å². The van der Waals surface area contributed by atoms with Gasteiger partial charge in [0.15, 0.2) is 0 Å². The highest BCUT2D eigenvalue weighted by atomic mass is 15.1. The van der Waals surface area contributed by atoms with Gasteiger partial charge in [-0.25, -0.2) is 0 Å². The quantitative estimate of drug-likeness (QED) is 0.830. The standard InChI is InChI=1S/C15H21N3/c1-4-15(13-9-16-17-10-13)18-14-7-5-12(6-8-14)11(2)3/h5-11,15,18H,4H2,1-3H3,(H,16,17). The number of benzene rings is 1. The molecule has 1 unspecified atom stereocenters. The van der Waals surface area contributed by atoms with Crippen LogP contribution in [-0.2, 0) is 0 Å². The average molecular weight is 243 g/mol. The lowest BCUT2D eigenvalue weighted by molar-refractivity contribution is 0.749. The summed E-state index contributed by atoms with van der Waals surface area (Å²) in [5, 5.41) is 10.4. The number of anilines is 1. The molecular weight excluding hydrogens is 222 g/mol. The first-order valence-electron chi connectivity index (χ1n) is 6.56. The fourth-order valence-corrected chi connectivity index (χ4v) is 2.04. The van der Waals surface area contributed by atoms with Gasteiger partial charge < -0.3 is 5.32 Å². The second-order valence-electron chi connectivity index (χ2n) is 4.91. The minimum atomic E-state index is 0.314. The monoisotopic (exact) mass is 243 g/mol. The van der Waals surface area contributed by atoms with Crippen LogP contribution in [0.4, 0.5) is 5.69 Å². The number of aromatic nitrogens is 2. The molecule has 0 amide bonds. The van der Waals surface area contributed by atoms with E-state index in [-0.39, 0.29) is 0 Å². The molecule has 0 aliphatic rings. The molecule has 0 saturated carbocycles. The van der Waals surface area contributed by atoms with Crippen molar-refractivity contribution in [3.8, 4) is 0 Å². The third-order valence-corrected chi connectivity index (χ3v) is 3.25. The van der Waals surface area contributed by atoms with Gasteiger partial charge >= 0.3 is 0 Å². The molecule has 3 nitrogen and oxygen atoms in total. The molecule has 0 bridgehead atoms. The van der Waals surface area contributed by atoms with Crippen molar-refractivity contribution in [2.45, 2.75) is 39.2 Å². The van der Waals surface area contributed by atoms with Crippen molar-refractivity contribution in [3.05, 3.63) is 47.8 Å². The Labute approximate surface area is 109 Å². The lowest BCUT2D eigenvalue weighted by Crippen LogP contribution is -2.08. The summed E-state index contributed by atoms with van der Waals surface area (Å²) in [7, 11) is 0. The minimum Gasteiger partial charge on any atom is -0.378 e. The molecule has 1 aromatic carbocycles. The van der Waals surface area contributed by atoms with Crippen LogP contribution in [0.15, 0.2) is 36.7 Å². The summed E-state index contributed by atoms with van der Waals surface area (Å²) in [6, 6.07) is 8.99. The third kappa shape index (κ3) is 2.92. The van der Waals surface area contributed by atoms with E-state index in [4.69, 9.17) is 0 Å². The van der Waals surface area contributed by atoms with Crippen molar-refractivity contribution in [2.24, 2.45) is 0 Å². The van der Waals surface area contributed by atoms with Crippen molar-refractivity contribution >= 4 is 5.69 Å². The summed E-state index contributed by atoms with van der Waals surface area (Å²) < 4.78 is 0. The fourth-order valence-electron chi connectivity index (χ4n) is 2.04. The molecule has 2 rings (SSSR count). The Morgan fingerprint density at radius 1 is 1.17 bits per heavy atom. The van der Waals surface area contributed by atoms with E-state index in [9.17, 15) is 0 Å². The molecule has 0 aliphatic carbocycles. The van der Waals surface area contributed by atoms with E-state index >= 15 is 0 Å². The SMILES string of the molecule is CCC(Nc1ccc(C(C)C)cc1)c1cn[nH]c1. The molecule has 0 radical (unpaired) electrons. The summed E-state index contributed by atoms with van der Waals surface area (Å²) in [6.45, 7) is 6.60. The van der Waals surface area contributed by atoms with Gasteiger partial charge in [-0.1, -0.05) is 32.9 Å². The summed E-state index contributed by atoms with van der Waals surface area (Å²) in [5.74, 6) is 0.579. The van der Waals surface area contributed by atoms with Crippen LogP contribution in [0, 0.1) is 0 Å². The van der Waals surface area contributed by atoms with Gasteiger partial charge in [0.25, 0.3) is 0 Å². The van der Waals surface area contributed by atoms with Crippen LogP contribution >= 0.6 is 0 Å². The van der Waals surface area contributed by atoms with Crippen molar-refractivity contribution < 1.29 is 0 Å². The van der Waals surface area contributed by atoms with Crippen LogP contribution in [0.2, 0.25) is 0 Å². The zero-order valence-corrected chi connectivity index (χ0v) is 11.3. The van der Waals surface area contributed by atoms with Crippen LogP contribution in [0.1, 0.15) is 50.3 Å². The van der Waals surface area contributed by atoms with E-state index < -0.39 is 0 Å². The van der Waals surface area contributed by atoms with E-state index in [0.29, 0.717) is 12.0 Å². The third-order valence-electron chi connectivity index (χ3n) is 3.25. The zero-order chi connectivity index (χ0) is 13.0. The topological polar surface area (TPSA) is 40.7 Å². The molecule has 0 spiro atoms. The molecule has 0 aliphatic heterocycles. The van der Waals surface area contributed by atoms with Gasteiger partial charge in [0.1, 0.15) is 0 Å². The molecule has 1 heterocycles. The van der Waals surface area contributed by atoms with Crippen LogP contribution < -0.4 is 5.32 Å². The highest BCUT2D eigenvalue weighted by Crippen LogP contribution is 2.23. The summed E-state index contributed by atoms with van der Waals surface area (Å²) in [5.41, 5.74) is 3.73. The van der Waals surface area contributed by atoms with Crippen molar-refractivity contribution in [3.63, 3.8) is 0 Å². The van der Waals surface area contributed by atoms with Crippen LogP contribution in [-0.4, -0.2) is 10.2 Å². The summed E-state index contributed by atoms with van der Waals surface area (Å²) in [6.07, 6.45) is 4.86. The molecule has 1 atom stereocenters. The number of rotatable bonds is 5. The first-order chi connectivity index (χ1) is 8.70. The minimum absolute atomic E-state index is 0.314. The second-order valence-corrected chi connectivity index (χ2v) is 4.91. The molecular formula is C15H21N3. The molecule has 1 aromatic heterocycles. The predicted molar refractivity (Wildman–Crippen MR) is 75.8 cm³/mol. The Bertz CT molecular complexity index is 457. The van der Waals surface area contributed by atoms with Gasteiger partial charge in [-0.3, -0.25) is 5.10 Å². The average Bonchev–Trinajstić information content (AvgIpc) is 2.90. The van der Waals surface area contributed by atoms with Gasteiger partial charge in [-0.2, -0.15) is 5.10 Å². The Morgan fingerprint density at radius 3 is 2.39 bits per heavy atom.